The van der Waals surface area contributed by atoms with Gasteiger partial charge in [-0.1, -0.05) is 31.5 Å². The number of hydrogen-bond donors (Lipinski definition) is 2. The molecular weight excluding hydrogens is 394 g/mol. The van der Waals surface area contributed by atoms with Crippen molar-refractivity contribution in [2.45, 2.75) is 70.3 Å². The van der Waals surface area contributed by atoms with Crippen molar-refractivity contribution in [1.29, 1.82) is 0 Å². The van der Waals surface area contributed by atoms with E-state index in [1.807, 2.05) is 12.1 Å². The van der Waals surface area contributed by atoms with Crippen molar-refractivity contribution in [2.24, 2.45) is 17.8 Å². The van der Waals surface area contributed by atoms with Crippen molar-refractivity contribution < 1.29 is 24.2 Å². The average molecular weight is 422 g/mol. The summed E-state index contributed by atoms with van der Waals surface area (Å²) < 4.78 is 12.9. The van der Waals surface area contributed by atoms with E-state index in [2.05, 4.69) is 26.1 Å². The first-order chi connectivity index (χ1) is 13.7. The lowest BCUT2D eigenvalue weighted by Gasteiger charge is -2.32. The summed E-state index contributed by atoms with van der Waals surface area (Å²) in [5.41, 5.74) is 0.250. The van der Waals surface area contributed by atoms with Crippen LogP contribution in [0.4, 0.5) is 0 Å². The van der Waals surface area contributed by atoms with Crippen molar-refractivity contribution in [2.75, 3.05) is 0 Å². The lowest BCUT2D eigenvalue weighted by Crippen LogP contribution is -2.40. The van der Waals surface area contributed by atoms with Crippen LogP contribution in [0.15, 0.2) is 18.2 Å². The number of ether oxygens (including phenoxy) is 2. The molecule has 0 spiro atoms. The third-order valence-corrected chi connectivity index (χ3v) is 7.33. The van der Waals surface area contributed by atoms with E-state index >= 15 is 0 Å². The van der Waals surface area contributed by atoms with Crippen LogP contribution < -0.4 is 10.1 Å². The monoisotopic (exact) mass is 421 g/mol. The number of carboxylic acids is 1. The summed E-state index contributed by atoms with van der Waals surface area (Å²) in [6, 6.07) is 5.46. The fraction of sp³-hybridized carbons (Fsp3) is 0.636. The Morgan fingerprint density at radius 3 is 2.72 bits per heavy atom. The van der Waals surface area contributed by atoms with Gasteiger partial charge in [0.05, 0.1) is 17.4 Å². The number of hydrogen-bond acceptors (Lipinski definition) is 4. The normalized spacial score (nSPS) is 35.0. The van der Waals surface area contributed by atoms with Gasteiger partial charge in [-0.3, -0.25) is 9.59 Å². The fourth-order valence-corrected chi connectivity index (χ4v) is 5.01. The number of halogens is 1. The molecule has 4 rings (SSSR count). The molecule has 2 N–H and O–H groups in total. The molecule has 1 saturated carbocycles. The maximum atomic E-state index is 12.3. The summed E-state index contributed by atoms with van der Waals surface area (Å²) in [6.07, 6.45) is 3.16. The third kappa shape index (κ3) is 3.61. The highest BCUT2D eigenvalue weighted by atomic mass is 35.5. The Bertz CT molecular complexity index is 842. The van der Waals surface area contributed by atoms with E-state index in [0.717, 1.165) is 19.3 Å². The number of amides is 1. The second-order valence-corrected chi connectivity index (χ2v) is 9.57. The van der Waals surface area contributed by atoms with Crippen LogP contribution in [-0.4, -0.2) is 34.3 Å². The highest BCUT2D eigenvalue weighted by Crippen LogP contribution is 2.55. The Labute approximate surface area is 175 Å². The summed E-state index contributed by atoms with van der Waals surface area (Å²) in [7, 11) is 0. The second-order valence-electron chi connectivity index (χ2n) is 9.17. The van der Waals surface area contributed by atoms with E-state index in [9.17, 15) is 9.59 Å². The minimum absolute atomic E-state index is 0.0774. The molecule has 7 heteroatoms. The first-order valence-electron chi connectivity index (χ1n) is 10.3. The molecule has 3 fully saturated rings. The predicted octanol–water partition coefficient (Wildman–Crippen LogP) is 3.79. The molecule has 1 amide bonds. The van der Waals surface area contributed by atoms with Gasteiger partial charge in [-0.25, -0.2) is 0 Å². The van der Waals surface area contributed by atoms with Crippen LogP contribution in [0.3, 0.4) is 0 Å². The standard InChI is InChI=1S/C22H28ClNO5/c1-12(2)22-8-7-21(3,29-22)18(10-22)28-17-6-4-5-16(23)15(17)11-24-19(25)13-9-14(13)20(26)27/h4-6,12-14,18H,7-11H2,1-3H3,(H,24,25)(H,26,27)/t13-,14+,18-,21-,22-/m1/s1. The molecule has 1 aliphatic carbocycles. The van der Waals surface area contributed by atoms with Gasteiger partial charge in [-0.15, -0.1) is 0 Å². The van der Waals surface area contributed by atoms with Gasteiger partial charge in [-0.05, 0) is 44.2 Å². The van der Waals surface area contributed by atoms with E-state index in [4.69, 9.17) is 26.2 Å². The first-order valence-corrected chi connectivity index (χ1v) is 10.7. The van der Waals surface area contributed by atoms with Crippen molar-refractivity contribution >= 4 is 23.5 Å². The van der Waals surface area contributed by atoms with Crippen LogP contribution in [0.25, 0.3) is 0 Å². The Morgan fingerprint density at radius 1 is 1.34 bits per heavy atom. The molecular formula is C22H28ClNO5. The summed E-state index contributed by atoms with van der Waals surface area (Å²) in [4.78, 5) is 23.2. The third-order valence-electron chi connectivity index (χ3n) is 6.97. The number of carboxylic acid groups (broad SMARTS) is 1. The first kappa shape index (κ1) is 20.5. The maximum absolute atomic E-state index is 12.3. The van der Waals surface area contributed by atoms with Crippen LogP contribution >= 0.6 is 11.6 Å². The van der Waals surface area contributed by atoms with Crippen LogP contribution in [0.1, 0.15) is 52.0 Å². The van der Waals surface area contributed by atoms with Crippen LogP contribution in [0.2, 0.25) is 5.02 Å². The zero-order valence-corrected chi connectivity index (χ0v) is 17.8. The molecule has 2 heterocycles. The molecule has 29 heavy (non-hydrogen) atoms. The van der Waals surface area contributed by atoms with Gasteiger partial charge in [0.2, 0.25) is 5.91 Å². The minimum Gasteiger partial charge on any atom is -0.487 e. The van der Waals surface area contributed by atoms with E-state index < -0.39 is 17.8 Å². The number of rotatable bonds is 7. The number of carbonyl (C=O) groups is 2. The van der Waals surface area contributed by atoms with E-state index in [1.165, 1.54) is 0 Å². The molecule has 0 aromatic heterocycles. The molecule has 0 unspecified atom stereocenters. The van der Waals surface area contributed by atoms with Crippen LogP contribution in [-0.2, 0) is 20.9 Å². The molecule has 1 aromatic rings. The van der Waals surface area contributed by atoms with Crippen molar-refractivity contribution in [1.82, 2.24) is 5.32 Å². The fourth-order valence-electron chi connectivity index (χ4n) is 4.77. The van der Waals surface area contributed by atoms with Gasteiger partial charge in [-0.2, -0.15) is 0 Å². The predicted molar refractivity (Wildman–Crippen MR) is 108 cm³/mol. The molecule has 1 aromatic carbocycles. The van der Waals surface area contributed by atoms with Gasteiger partial charge >= 0.3 is 5.97 Å². The summed E-state index contributed by atoms with van der Waals surface area (Å²) in [5.74, 6) is -1.15. The lowest BCUT2D eigenvalue weighted by atomic mass is 9.75. The Balaban J connectivity index is 1.46. The quantitative estimate of drug-likeness (QED) is 0.699. The van der Waals surface area contributed by atoms with Gasteiger partial charge in [0.1, 0.15) is 17.5 Å². The Hall–Kier alpha value is -1.79. The molecule has 2 aliphatic heterocycles. The second kappa shape index (κ2) is 7.17. The number of carbonyl (C=O) groups excluding carboxylic acids is 1. The van der Waals surface area contributed by atoms with Crippen LogP contribution in [0.5, 0.6) is 5.75 Å². The highest BCUT2D eigenvalue weighted by molar-refractivity contribution is 6.31. The number of aliphatic carboxylic acids is 1. The SMILES string of the molecule is CC(C)[C@]12CC[C@@](C)(O1)[C@H](Oc1cccc(Cl)c1CNC(=O)[C@@H]1C[C@@H]1C(=O)O)C2. The summed E-state index contributed by atoms with van der Waals surface area (Å²) >= 11 is 6.41. The van der Waals surface area contributed by atoms with E-state index in [0.29, 0.717) is 28.7 Å². The van der Waals surface area contributed by atoms with Gasteiger partial charge in [0.25, 0.3) is 0 Å². The van der Waals surface area contributed by atoms with E-state index in [1.54, 1.807) is 6.07 Å². The summed E-state index contributed by atoms with van der Waals surface area (Å²) in [6.45, 7) is 6.70. The topological polar surface area (TPSA) is 84.9 Å². The number of nitrogens with one attached hydrogen (secondary N) is 1. The van der Waals surface area contributed by atoms with Crippen LogP contribution in [0, 0.1) is 17.8 Å². The Morgan fingerprint density at radius 2 is 2.10 bits per heavy atom. The molecule has 3 aliphatic rings. The largest absolute Gasteiger partial charge is 0.487 e. The van der Waals surface area contributed by atoms with E-state index in [-0.39, 0.29) is 29.8 Å². The maximum Gasteiger partial charge on any atom is 0.307 e. The van der Waals surface area contributed by atoms with Gasteiger partial charge < -0.3 is 19.9 Å². The number of fused-ring (bicyclic) bond motifs is 2. The molecule has 6 nitrogen and oxygen atoms in total. The van der Waals surface area contributed by atoms with Gasteiger partial charge in [0, 0.05) is 23.6 Å². The van der Waals surface area contributed by atoms with Crippen molar-refractivity contribution in [3.05, 3.63) is 28.8 Å². The highest BCUT2D eigenvalue weighted by Gasteiger charge is 2.61. The zero-order chi connectivity index (χ0) is 21.0. The minimum atomic E-state index is -0.921. The Kier molecular flexibility index (Phi) is 5.06. The zero-order valence-electron chi connectivity index (χ0n) is 17.0. The van der Waals surface area contributed by atoms with Crippen molar-refractivity contribution in [3.8, 4) is 5.75 Å². The molecule has 5 atom stereocenters. The smallest absolute Gasteiger partial charge is 0.307 e. The summed E-state index contributed by atoms with van der Waals surface area (Å²) in [5, 5.41) is 12.3. The van der Waals surface area contributed by atoms with Crippen molar-refractivity contribution in [3.63, 3.8) is 0 Å². The molecule has 158 valence electrons. The molecule has 2 bridgehead atoms. The average Bonchev–Trinajstić information content (AvgIpc) is 3.32. The van der Waals surface area contributed by atoms with Gasteiger partial charge in [0.15, 0.2) is 0 Å². The molecule has 0 radical (unpaired) electrons. The lowest BCUT2D eigenvalue weighted by molar-refractivity contribution is -0.140. The molecule has 2 saturated heterocycles. The number of benzene rings is 1.